The fourth-order valence-corrected chi connectivity index (χ4v) is 4.25. The third kappa shape index (κ3) is 2.55. The molecule has 1 aliphatic heterocycles. The summed E-state index contributed by atoms with van der Waals surface area (Å²) < 4.78 is 39.8. The highest BCUT2D eigenvalue weighted by atomic mass is 32.2. The number of carbonyl (C=O) groups excluding carboxylic acids is 1. The zero-order valence-corrected chi connectivity index (χ0v) is 12.2. The first-order valence-electron chi connectivity index (χ1n) is 6.43. The lowest BCUT2D eigenvalue weighted by atomic mass is 10.2. The molecule has 1 amide bonds. The van der Waals surface area contributed by atoms with Gasteiger partial charge >= 0.3 is 0 Å². The van der Waals surface area contributed by atoms with E-state index in [0.29, 0.717) is 12.0 Å². The Morgan fingerprint density at radius 3 is 2.80 bits per heavy atom. The van der Waals surface area contributed by atoms with Crippen LogP contribution in [-0.4, -0.2) is 37.8 Å². The van der Waals surface area contributed by atoms with Gasteiger partial charge in [0, 0.05) is 13.1 Å². The van der Waals surface area contributed by atoms with Crippen LogP contribution in [0.5, 0.6) is 0 Å². The summed E-state index contributed by atoms with van der Waals surface area (Å²) >= 11 is 0. The number of hydrogen-bond acceptors (Lipinski definition) is 3. The third-order valence-electron chi connectivity index (χ3n) is 3.41. The Bertz CT molecular complexity index is 631. The smallest absolute Gasteiger partial charge is 0.244 e. The van der Waals surface area contributed by atoms with Crippen LogP contribution in [0.4, 0.5) is 4.39 Å². The van der Waals surface area contributed by atoms with Crippen LogP contribution in [0, 0.1) is 12.7 Å². The van der Waals surface area contributed by atoms with E-state index in [1.807, 2.05) is 0 Å². The Labute approximate surface area is 117 Å². The molecule has 1 aromatic carbocycles. The van der Waals surface area contributed by atoms with Crippen molar-refractivity contribution in [2.45, 2.75) is 31.2 Å². The van der Waals surface area contributed by atoms with Gasteiger partial charge in [0.15, 0.2) is 0 Å². The molecule has 0 radical (unpaired) electrons. The summed E-state index contributed by atoms with van der Waals surface area (Å²) in [6.45, 7) is 3.82. The fraction of sp³-hybridized carbons (Fsp3) is 0.462. The summed E-state index contributed by atoms with van der Waals surface area (Å²) in [5.74, 6) is -0.917. The molecule has 1 N–H and O–H groups in total. The summed E-state index contributed by atoms with van der Waals surface area (Å²) in [6.07, 6.45) is 0.374. The van der Waals surface area contributed by atoms with E-state index in [4.69, 9.17) is 0 Å². The Balaban J connectivity index is 2.48. The minimum atomic E-state index is -3.88. The Hall–Kier alpha value is -1.47. The van der Waals surface area contributed by atoms with Gasteiger partial charge in [0.05, 0.1) is 4.90 Å². The van der Waals surface area contributed by atoms with Gasteiger partial charge in [-0.2, -0.15) is 4.31 Å². The van der Waals surface area contributed by atoms with Gasteiger partial charge in [0.2, 0.25) is 15.9 Å². The molecule has 1 aromatic rings. The van der Waals surface area contributed by atoms with E-state index in [9.17, 15) is 17.6 Å². The van der Waals surface area contributed by atoms with Crippen LogP contribution in [0.1, 0.15) is 18.9 Å². The molecule has 7 heteroatoms. The standard InChI is InChI=1S/C13H17FN2O3S/c1-3-11-13(17)15-6-7-16(11)20(18,19)12-8-10(14)5-4-9(12)2/h4-5,8,11H,3,6-7H2,1-2H3,(H,15,17). The van der Waals surface area contributed by atoms with Gasteiger partial charge in [-0.1, -0.05) is 13.0 Å². The zero-order valence-electron chi connectivity index (χ0n) is 11.4. The molecule has 0 bridgehead atoms. The number of carbonyl (C=O) groups is 1. The highest BCUT2D eigenvalue weighted by Crippen LogP contribution is 2.24. The largest absolute Gasteiger partial charge is 0.353 e. The van der Waals surface area contributed by atoms with Gasteiger partial charge in [-0.25, -0.2) is 12.8 Å². The van der Waals surface area contributed by atoms with Gasteiger partial charge in [-0.3, -0.25) is 4.79 Å². The summed E-state index contributed by atoms with van der Waals surface area (Å²) in [5, 5.41) is 2.64. The van der Waals surface area contributed by atoms with E-state index < -0.39 is 21.9 Å². The maximum absolute atomic E-state index is 13.3. The lowest BCUT2D eigenvalue weighted by Crippen LogP contribution is -2.56. The molecule has 5 nitrogen and oxygen atoms in total. The number of rotatable bonds is 3. The van der Waals surface area contributed by atoms with Gasteiger partial charge < -0.3 is 5.32 Å². The predicted octanol–water partition coefficient (Wildman–Crippen LogP) is 1.03. The molecule has 2 rings (SSSR count). The van der Waals surface area contributed by atoms with Crippen LogP contribution in [0.25, 0.3) is 0 Å². The molecule has 110 valence electrons. The topological polar surface area (TPSA) is 66.5 Å². The second kappa shape index (κ2) is 5.49. The van der Waals surface area contributed by atoms with Crippen molar-refractivity contribution in [2.24, 2.45) is 0 Å². The van der Waals surface area contributed by atoms with Crippen LogP contribution >= 0.6 is 0 Å². The molecule has 0 saturated carbocycles. The fourth-order valence-electron chi connectivity index (χ4n) is 2.35. The van der Waals surface area contributed by atoms with E-state index in [0.717, 1.165) is 10.4 Å². The molecule has 0 aliphatic carbocycles. The number of aryl methyl sites for hydroxylation is 1. The molecule has 1 fully saturated rings. The van der Waals surface area contributed by atoms with Crippen molar-refractivity contribution in [1.29, 1.82) is 0 Å². The zero-order chi connectivity index (χ0) is 14.9. The van der Waals surface area contributed by atoms with Crippen molar-refractivity contribution in [2.75, 3.05) is 13.1 Å². The Morgan fingerprint density at radius 2 is 2.15 bits per heavy atom. The summed E-state index contributed by atoms with van der Waals surface area (Å²) in [7, 11) is -3.88. The molecule has 1 atom stereocenters. The van der Waals surface area contributed by atoms with Crippen molar-refractivity contribution in [3.8, 4) is 0 Å². The average molecular weight is 300 g/mol. The maximum atomic E-state index is 13.3. The van der Waals surface area contributed by atoms with E-state index in [-0.39, 0.29) is 23.9 Å². The lowest BCUT2D eigenvalue weighted by molar-refractivity contribution is -0.126. The van der Waals surface area contributed by atoms with Crippen molar-refractivity contribution in [3.63, 3.8) is 0 Å². The number of amides is 1. The minimum Gasteiger partial charge on any atom is -0.353 e. The second-order valence-electron chi connectivity index (χ2n) is 4.74. The van der Waals surface area contributed by atoms with Crippen molar-refractivity contribution in [3.05, 3.63) is 29.6 Å². The van der Waals surface area contributed by atoms with Gasteiger partial charge in [0.1, 0.15) is 11.9 Å². The highest BCUT2D eigenvalue weighted by molar-refractivity contribution is 7.89. The van der Waals surface area contributed by atoms with Gasteiger partial charge in [0.25, 0.3) is 0 Å². The number of halogens is 1. The van der Waals surface area contributed by atoms with Crippen LogP contribution in [0.2, 0.25) is 0 Å². The second-order valence-corrected chi connectivity index (χ2v) is 6.60. The first-order chi connectivity index (χ1) is 9.37. The molecule has 1 heterocycles. The average Bonchev–Trinajstić information content (AvgIpc) is 2.41. The van der Waals surface area contributed by atoms with Crippen LogP contribution in [0.3, 0.4) is 0 Å². The van der Waals surface area contributed by atoms with Crippen LogP contribution < -0.4 is 5.32 Å². The number of sulfonamides is 1. The number of nitrogens with one attached hydrogen (secondary N) is 1. The maximum Gasteiger partial charge on any atom is 0.244 e. The third-order valence-corrected chi connectivity index (χ3v) is 5.46. The Kier molecular flexibility index (Phi) is 4.10. The minimum absolute atomic E-state index is 0.0781. The first kappa shape index (κ1) is 14.9. The Morgan fingerprint density at radius 1 is 1.45 bits per heavy atom. The number of benzene rings is 1. The number of nitrogens with zero attached hydrogens (tertiary/aromatic N) is 1. The predicted molar refractivity (Wildman–Crippen MR) is 72.1 cm³/mol. The van der Waals surface area contributed by atoms with Gasteiger partial charge in [-0.15, -0.1) is 0 Å². The molecular weight excluding hydrogens is 283 g/mol. The van der Waals surface area contributed by atoms with Crippen molar-refractivity contribution < 1.29 is 17.6 Å². The van der Waals surface area contributed by atoms with E-state index in [1.54, 1.807) is 13.8 Å². The highest BCUT2D eigenvalue weighted by Gasteiger charge is 2.37. The summed E-state index contributed by atoms with van der Waals surface area (Å²) in [5.41, 5.74) is 0.465. The summed E-state index contributed by atoms with van der Waals surface area (Å²) in [6, 6.07) is 2.91. The number of piperazine rings is 1. The van der Waals surface area contributed by atoms with Crippen LogP contribution in [0.15, 0.2) is 23.1 Å². The molecular formula is C13H17FN2O3S. The van der Waals surface area contributed by atoms with E-state index in [2.05, 4.69) is 5.32 Å². The monoisotopic (exact) mass is 300 g/mol. The molecule has 1 unspecified atom stereocenters. The quantitative estimate of drug-likeness (QED) is 0.907. The molecule has 1 saturated heterocycles. The van der Waals surface area contributed by atoms with Crippen molar-refractivity contribution in [1.82, 2.24) is 9.62 Å². The molecule has 20 heavy (non-hydrogen) atoms. The van der Waals surface area contributed by atoms with Crippen LogP contribution in [-0.2, 0) is 14.8 Å². The lowest BCUT2D eigenvalue weighted by Gasteiger charge is -2.33. The van der Waals surface area contributed by atoms with Gasteiger partial charge in [-0.05, 0) is 31.0 Å². The molecule has 0 spiro atoms. The molecule has 0 aromatic heterocycles. The van der Waals surface area contributed by atoms with Crippen molar-refractivity contribution >= 4 is 15.9 Å². The van der Waals surface area contributed by atoms with E-state index >= 15 is 0 Å². The number of hydrogen-bond donors (Lipinski definition) is 1. The van der Waals surface area contributed by atoms with E-state index in [1.165, 1.54) is 12.1 Å². The SMILES string of the molecule is CCC1C(=O)NCCN1S(=O)(=O)c1cc(F)ccc1C. The normalized spacial score (nSPS) is 20.8. The summed E-state index contributed by atoms with van der Waals surface area (Å²) in [4.78, 5) is 11.7. The molecule has 1 aliphatic rings. The first-order valence-corrected chi connectivity index (χ1v) is 7.87.